The van der Waals surface area contributed by atoms with Crippen molar-refractivity contribution >= 4 is 23.4 Å². The Morgan fingerprint density at radius 2 is 1.57 bits per heavy atom. The van der Waals surface area contributed by atoms with Crippen LogP contribution in [0, 0.1) is 19.8 Å². The molecule has 1 aliphatic heterocycles. The fourth-order valence-corrected chi connectivity index (χ4v) is 4.33. The molecule has 1 N–H and O–H groups in total. The quantitative estimate of drug-likeness (QED) is 0.721. The summed E-state index contributed by atoms with van der Waals surface area (Å²) in [4.78, 5) is 27.9. The summed E-state index contributed by atoms with van der Waals surface area (Å²) in [5.74, 6) is 0.275. The van der Waals surface area contributed by atoms with Crippen molar-refractivity contribution in [2.24, 2.45) is 5.92 Å². The van der Waals surface area contributed by atoms with Gasteiger partial charge in [0.05, 0.1) is 0 Å². The Kier molecular flexibility index (Phi) is 7.19. The highest BCUT2D eigenvalue weighted by molar-refractivity contribution is 6.30. The van der Waals surface area contributed by atoms with Crippen LogP contribution in [0.25, 0.3) is 0 Å². The summed E-state index contributed by atoms with van der Waals surface area (Å²) >= 11 is 6.00. The zero-order valence-corrected chi connectivity index (χ0v) is 19.0. The molecule has 2 aromatic rings. The molecule has 3 rings (SSSR count). The average Bonchev–Trinajstić information content (AvgIpc) is 2.71. The first kappa shape index (κ1) is 22.4. The van der Waals surface area contributed by atoms with Crippen molar-refractivity contribution in [2.45, 2.75) is 52.5 Å². The molecular formula is C25H31ClN2O2. The smallest absolute Gasteiger partial charge is 0.251 e. The molecule has 1 saturated heterocycles. The summed E-state index contributed by atoms with van der Waals surface area (Å²) in [6.45, 7) is 9.30. The number of halogens is 1. The zero-order valence-electron chi connectivity index (χ0n) is 18.2. The standard InChI is InChI=1S/C25H31ClN2O2/c1-16(2)23(27-24(29)21-14-17(3)13-18(4)15-21)25(30)28-11-9-20(10-12-28)19-5-7-22(26)8-6-19/h5-8,13-16,20,23H,9-12H2,1-4H3,(H,27,29). The molecule has 1 atom stereocenters. The van der Waals surface area contributed by atoms with E-state index in [1.165, 1.54) is 5.56 Å². The molecule has 4 nitrogen and oxygen atoms in total. The third-order valence-electron chi connectivity index (χ3n) is 5.85. The van der Waals surface area contributed by atoms with E-state index < -0.39 is 6.04 Å². The Morgan fingerprint density at radius 1 is 1.00 bits per heavy atom. The molecule has 5 heteroatoms. The van der Waals surface area contributed by atoms with Crippen molar-refractivity contribution in [2.75, 3.05) is 13.1 Å². The van der Waals surface area contributed by atoms with Gasteiger partial charge in [0.25, 0.3) is 5.91 Å². The van der Waals surface area contributed by atoms with Gasteiger partial charge in [-0.1, -0.05) is 54.8 Å². The number of aryl methyl sites for hydroxylation is 2. The van der Waals surface area contributed by atoms with Crippen LogP contribution in [0.1, 0.15) is 59.7 Å². The second-order valence-electron chi connectivity index (χ2n) is 8.72. The Hall–Kier alpha value is -2.33. The van der Waals surface area contributed by atoms with E-state index in [0.29, 0.717) is 24.6 Å². The van der Waals surface area contributed by atoms with Crippen LogP contribution in [0.15, 0.2) is 42.5 Å². The van der Waals surface area contributed by atoms with Crippen LogP contribution in [0.2, 0.25) is 5.02 Å². The van der Waals surface area contributed by atoms with E-state index in [2.05, 4.69) is 17.4 Å². The Labute approximate surface area is 184 Å². The van der Waals surface area contributed by atoms with Crippen LogP contribution in [-0.2, 0) is 4.79 Å². The third-order valence-corrected chi connectivity index (χ3v) is 6.10. The number of rotatable bonds is 5. The number of carbonyl (C=O) groups excluding carboxylic acids is 2. The monoisotopic (exact) mass is 426 g/mol. The van der Waals surface area contributed by atoms with Gasteiger partial charge < -0.3 is 10.2 Å². The maximum absolute atomic E-state index is 13.2. The second-order valence-corrected chi connectivity index (χ2v) is 9.16. The molecule has 2 aromatic carbocycles. The minimum atomic E-state index is -0.523. The summed E-state index contributed by atoms with van der Waals surface area (Å²) in [6, 6.07) is 13.2. The van der Waals surface area contributed by atoms with E-state index in [1.54, 1.807) is 0 Å². The Morgan fingerprint density at radius 3 is 2.10 bits per heavy atom. The van der Waals surface area contributed by atoms with Gasteiger partial charge in [0.2, 0.25) is 5.91 Å². The van der Waals surface area contributed by atoms with Gasteiger partial charge in [-0.25, -0.2) is 0 Å². The number of carbonyl (C=O) groups is 2. The van der Waals surface area contributed by atoms with Crippen LogP contribution in [0.3, 0.4) is 0 Å². The summed E-state index contributed by atoms with van der Waals surface area (Å²) < 4.78 is 0. The number of amides is 2. The van der Waals surface area contributed by atoms with Gasteiger partial charge in [-0.3, -0.25) is 9.59 Å². The van der Waals surface area contributed by atoms with E-state index in [-0.39, 0.29) is 17.7 Å². The maximum Gasteiger partial charge on any atom is 0.251 e. The summed E-state index contributed by atoms with van der Waals surface area (Å²) in [7, 11) is 0. The molecule has 0 bridgehead atoms. The largest absolute Gasteiger partial charge is 0.341 e. The summed E-state index contributed by atoms with van der Waals surface area (Å²) in [5.41, 5.74) is 3.95. The van der Waals surface area contributed by atoms with E-state index in [9.17, 15) is 9.59 Å². The normalized spacial score (nSPS) is 15.9. The number of likely N-dealkylation sites (tertiary alicyclic amines) is 1. The van der Waals surface area contributed by atoms with Crippen LogP contribution < -0.4 is 5.32 Å². The SMILES string of the molecule is Cc1cc(C)cc(C(=O)NC(C(=O)N2CCC(c3ccc(Cl)cc3)CC2)C(C)C)c1. The molecule has 1 fully saturated rings. The zero-order chi connectivity index (χ0) is 21.8. The Bertz CT molecular complexity index is 880. The fourth-order valence-electron chi connectivity index (χ4n) is 4.21. The van der Waals surface area contributed by atoms with E-state index in [4.69, 9.17) is 11.6 Å². The summed E-state index contributed by atoms with van der Waals surface area (Å²) in [6.07, 6.45) is 1.84. The average molecular weight is 427 g/mol. The first-order valence-electron chi connectivity index (χ1n) is 10.7. The molecule has 0 aromatic heterocycles. The number of piperidine rings is 1. The first-order valence-corrected chi connectivity index (χ1v) is 11.1. The number of benzene rings is 2. The summed E-state index contributed by atoms with van der Waals surface area (Å²) in [5, 5.41) is 3.73. The van der Waals surface area contributed by atoms with Crippen molar-refractivity contribution in [3.8, 4) is 0 Å². The topological polar surface area (TPSA) is 49.4 Å². The lowest BCUT2D eigenvalue weighted by atomic mass is 9.89. The number of nitrogens with one attached hydrogen (secondary N) is 1. The molecule has 30 heavy (non-hydrogen) atoms. The first-order chi connectivity index (χ1) is 14.2. The highest BCUT2D eigenvalue weighted by atomic mass is 35.5. The molecule has 0 saturated carbocycles. The molecule has 1 unspecified atom stereocenters. The van der Waals surface area contributed by atoms with Crippen molar-refractivity contribution < 1.29 is 9.59 Å². The predicted octanol–water partition coefficient (Wildman–Crippen LogP) is 5.12. The lowest BCUT2D eigenvalue weighted by Gasteiger charge is -2.35. The highest BCUT2D eigenvalue weighted by Gasteiger charge is 2.31. The molecule has 1 aliphatic rings. The number of hydrogen-bond donors (Lipinski definition) is 1. The molecule has 1 heterocycles. The van der Waals surface area contributed by atoms with Crippen LogP contribution in [-0.4, -0.2) is 35.8 Å². The van der Waals surface area contributed by atoms with Crippen molar-refractivity contribution in [1.82, 2.24) is 10.2 Å². The molecule has 160 valence electrons. The van der Waals surface area contributed by atoms with Gasteiger partial charge in [0.1, 0.15) is 6.04 Å². The van der Waals surface area contributed by atoms with Gasteiger partial charge in [0.15, 0.2) is 0 Å². The van der Waals surface area contributed by atoms with E-state index in [0.717, 1.165) is 29.0 Å². The van der Waals surface area contributed by atoms with Gasteiger partial charge in [-0.15, -0.1) is 0 Å². The Balaban J connectivity index is 1.64. The van der Waals surface area contributed by atoms with Gasteiger partial charge in [0, 0.05) is 23.7 Å². The van der Waals surface area contributed by atoms with Gasteiger partial charge in [-0.05, 0) is 68.4 Å². The van der Waals surface area contributed by atoms with Crippen molar-refractivity contribution in [3.05, 3.63) is 69.7 Å². The predicted molar refractivity (Wildman–Crippen MR) is 122 cm³/mol. The lowest BCUT2D eigenvalue weighted by Crippen LogP contribution is -2.52. The fraction of sp³-hybridized carbons (Fsp3) is 0.440. The van der Waals surface area contributed by atoms with Crippen molar-refractivity contribution in [3.63, 3.8) is 0 Å². The lowest BCUT2D eigenvalue weighted by molar-refractivity contribution is -0.135. The van der Waals surface area contributed by atoms with Gasteiger partial charge in [-0.2, -0.15) is 0 Å². The van der Waals surface area contributed by atoms with E-state index in [1.807, 2.05) is 62.9 Å². The minimum Gasteiger partial charge on any atom is -0.341 e. The molecule has 0 spiro atoms. The molecular weight excluding hydrogens is 396 g/mol. The second kappa shape index (κ2) is 9.65. The van der Waals surface area contributed by atoms with Crippen LogP contribution >= 0.6 is 11.6 Å². The number of hydrogen-bond acceptors (Lipinski definition) is 2. The number of nitrogens with zero attached hydrogens (tertiary/aromatic N) is 1. The molecule has 0 radical (unpaired) electrons. The van der Waals surface area contributed by atoms with Crippen LogP contribution in [0.4, 0.5) is 0 Å². The molecule has 2 amide bonds. The van der Waals surface area contributed by atoms with Crippen LogP contribution in [0.5, 0.6) is 0 Å². The van der Waals surface area contributed by atoms with Crippen molar-refractivity contribution in [1.29, 1.82) is 0 Å². The minimum absolute atomic E-state index is 0.0114. The molecule has 0 aliphatic carbocycles. The van der Waals surface area contributed by atoms with E-state index >= 15 is 0 Å². The highest BCUT2D eigenvalue weighted by Crippen LogP contribution is 2.29. The van der Waals surface area contributed by atoms with Gasteiger partial charge >= 0.3 is 0 Å². The third kappa shape index (κ3) is 5.42. The maximum atomic E-state index is 13.2.